The number of aliphatic carboxylic acids is 1. The van der Waals surface area contributed by atoms with Crippen LogP contribution < -0.4 is 0 Å². The van der Waals surface area contributed by atoms with Gasteiger partial charge < -0.3 is 14.7 Å². The lowest BCUT2D eigenvalue weighted by Gasteiger charge is -2.31. The van der Waals surface area contributed by atoms with Gasteiger partial charge in [0.25, 0.3) is 0 Å². The minimum absolute atomic E-state index is 0.164. The normalized spacial score (nSPS) is 18.3. The zero-order valence-electron chi connectivity index (χ0n) is 12.0. The van der Waals surface area contributed by atoms with Crippen molar-refractivity contribution in [3.05, 3.63) is 35.9 Å². The largest absolute Gasteiger partial charge is 0.481 e. The minimum Gasteiger partial charge on any atom is -0.481 e. The summed E-state index contributed by atoms with van der Waals surface area (Å²) in [7, 11) is 0. The van der Waals surface area contributed by atoms with E-state index in [0.29, 0.717) is 19.5 Å². The van der Waals surface area contributed by atoms with E-state index in [-0.39, 0.29) is 25.0 Å². The highest BCUT2D eigenvalue weighted by Gasteiger charge is 2.24. The molecule has 0 aromatic heterocycles. The van der Waals surface area contributed by atoms with E-state index in [1.165, 1.54) is 0 Å². The topological polar surface area (TPSA) is 66.8 Å². The van der Waals surface area contributed by atoms with Crippen LogP contribution >= 0.6 is 0 Å². The van der Waals surface area contributed by atoms with Gasteiger partial charge in [-0.2, -0.15) is 0 Å². The van der Waals surface area contributed by atoms with Gasteiger partial charge in [0.05, 0.1) is 0 Å². The quantitative estimate of drug-likeness (QED) is 0.905. The zero-order chi connectivity index (χ0) is 15.1. The number of carboxylic acid groups (broad SMARTS) is 1. The number of carbonyl (C=O) groups excluding carboxylic acids is 1. The highest BCUT2D eigenvalue weighted by Crippen LogP contribution is 2.21. The Balaban J connectivity index is 1.77. The number of carboxylic acids is 1. The van der Waals surface area contributed by atoms with Crippen LogP contribution in [0.4, 0.5) is 4.79 Å². The third kappa shape index (κ3) is 5.10. The average molecular weight is 291 g/mol. The number of nitrogens with zero attached hydrogens (tertiary/aromatic N) is 1. The highest BCUT2D eigenvalue weighted by atomic mass is 16.6. The second kappa shape index (κ2) is 7.67. The van der Waals surface area contributed by atoms with Crippen LogP contribution in [-0.2, 0) is 16.1 Å². The van der Waals surface area contributed by atoms with Crippen molar-refractivity contribution in [2.75, 3.05) is 13.1 Å². The number of benzene rings is 1. The van der Waals surface area contributed by atoms with Gasteiger partial charge in [0.15, 0.2) is 0 Å². The van der Waals surface area contributed by atoms with E-state index in [1.54, 1.807) is 4.90 Å². The number of piperidine rings is 1. The van der Waals surface area contributed by atoms with Crippen molar-refractivity contribution in [3.63, 3.8) is 0 Å². The fourth-order valence-corrected chi connectivity index (χ4v) is 2.60. The molecule has 1 atom stereocenters. The fourth-order valence-electron chi connectivity index (χ4n) is 2.60. The molecule has 1 heterocycles. The predicted molar refractivity (Wildman–Crippen MR) is 77.8 cm³/mol. The molecule has 1 fully saturated rings. The van der Waals surface area contributed by atoms with Crippen LogP contribution in [-0.4, -0.2) is 35.2 Å². The molecule has 0 unspecified atom stereocenters. The number of amides is 1. The average Bonchev–Trinajstić information content (AvgIpc) is 2.52. The summed E-state index contributed by atoms with van der Waals surface area (Å²) in [5.74, 6) is -0.516. The van der Waals surface area contributed by atoms with Crippen LogP contribution in [0.2, 0.25) is 0 Å². The Hall–Kier alpha value is -2.04. The van der Waals surface area contributed by atoms with Crippen molar-refractivity contribution < 1.29 is 19.4 Å². The first-order chi connectivity index (χ1) is 10.1. The van der Waals surface area contributed by atoms with Gasteiger partial charge in [-0.15, -0.1) is 0 Å². The van der Waals surface area contributed by atoms with Crippen molar-refractivity contribution in [3.8, 4) is 0 Å². The summed E-state index contributed by atoms with van der Waals surface area (Å²) in [5.41, 5.74) is 0.963. The lowest BCUT2D eigenvalue weighted by Crippen LogP contribution is -2.40. The molecule has 1 aliphatic rings. The van der Waals surface area contributed by atoms with E-state index in [0.717, 1.165) is 18.4 Å². The van der Waals surface area contributed by atoms with Crippen LogP contribution in [0.1, 0.15) is 31.2 Å². The molecule has 5 nitrogen and oxygen atoms in total. The number of hydrogen-bond donors (Lipinski definition) is 1. The molecule has 1 N–H and O–H groups in total. The molecular formula is C16H21NO4. The van der Waals surface area contributed by atoms with Gasteiger partial charge in [-0.05, 0) is 30.7 Å². The Kier molecular flexibility index (Phi) is 5.60. The molecule has 0 aliphatic carbocycles. The maximum absolute atomic E-state index is 12.0. The second-order valence-corrected chi connectivity index (χ2v) is 5.43. The van der Waals surface area contributed by atoms with Gasteiger partial charge in [0.2, 0.25) is 0 Å². The molecule has 114 valence electrons. The van der Waals surface area contributed by atoms with Crippen LogP contribution in [0.25, 0.3) is 0 Å². The Morgan fingerprint density at radius 3 is 2.76 bits per heavy atom. The van der Waals surface area contributed by atoms with E-state index in [2.05, 4.69) is 0 Å². The van der Waals surface area contributed by atoms with Gasteiger partial charge in [-0.3, -0.25) is 4.79 Å². The smallest absolute Gasteiger partial charge is 0.410 e. The Bertz CT molecular complexity index is 474. The van der Waals surface area contributed by atoms with E-state index in [4.69, 9.17) is 9.84 Å². The van der Waals surface area contributed by atoms with Crippen molar-refractivity contribution in [2.45, 2.75) is 32.3 Å². The summed E-state index contributed by atoms with van der Waals surface area (Å²) in [4.78, 5) is 24.3. The zero-order valence-corrected chi connectivity index (χ0v) is 12.0. The monoisotopic (exact) mass is 291 g/mol. The first kappa shape index (κ1) is 15.4. The van der Waals surface area contributed by atoms with Crippen molar-refractivity contribution in [1.29, 1.82) is 0 Å². The maximum atomic E-state index is 12.0. The summed E-state index contributed by atoms with van der Waals surface area (Å²) in [5, 5.41) is 8.72. The molecular weight excluding hydrogens is 270 g/mol. The standard InChI is InChI=1S/C16H21NO4/c18-15(19)9-8-13-7-4-10-17(11-13)16(20)21-12-14-5-2-1-3-6-14/h1-3,5-6,13H,4,7-12H2,(H,18,19)/t13-/m0/s1. The predicted octanol–water partition coefficient (Wildman–Crippen LogP) is 2.90. The minimum atomic E-state index is -0.779. The van der Waals surface area contributed by atoms with E-state index >= 15 is 0 Å². The van der Waals surface area contributed by atoms with Crippen molar-refractivity contribution >= 4 is 12.1 Å². The molecule has 5 heteroatoms. The van der Waals surface area contributed by atoms with Crippen LogP contribution in [0.15, 0.2) is 30.3 Å². The first-order valence-electron chi connectivity index (χ1n) is 7.32. The fraction of sp³-hybridized carbons (Fsp3) is 0.500. The molecule has 21 heavy (non-hydrogen) atoms. The number of hydrogen-bond acceptors (Lipinski definition) is 3. The van der Waals surface area contributed by atoms with Gasteiger partial charge in [-0.1, -0.05) is 30.3 Å². The molecule has 0 saturated carbocycles. The SMILES string of the molecule is O=C(O)CC[C@@H]1CCCN(C(=O)OCc2ccccc2)C1. The summed E-state index contributed by atoms with van der Waals surface area (Å²) in [6.07, 6.45) is 2.37. The molecule has 1 aliphatic heterocycles. The Morgan fingerprint density at radius 2 is 2.05 bits per heavy atom. The van der Waals surface area contributed by atoms with E-state index in [1.807, 2.05) is 30.3 Å². The summed E-state index contributed by atoms with van der Waals surface area (Å²) >= 11 is 0. The van der Waals surface area contributed by atoms with Gasteiger partial charge in [0, 0.05) is 19.5 Å². The Morgan fingerprint density at radius 1 is 1.29 bits per heavy atom. The first-order valence-corrected chi connectivity index (χ1v) is 7.32. The van der Waals surface area contributed by atoms with Crippen LogP contribution in [0.5, 0.6) is 0 Å². The lowest BCUT2D eigenvalue weighted by molar-refractivity contribution is -0.137. The molecule has 1 aromatic rings. The molecule has 2 rings (SSSR count). The van der Waals surface area contributed by atoms with Crippen LogP contribution in [0, 0.1) is 5.92 Å². The third-order valence-corrected chi connectivity index (χ3v) is 3.75. The van der Waals surface area contributed by atoms with Crippen LogP contribution in [0.3, 0.4) is 0 Å². The van der Waals surface area contributed by atoms with Crippen molar-refractivity contribution in [1.82, 2.24) is 4.90 Å². The number of ether oxygens (including phenoxy) is 1. The molecule has 1 aromatic carbocycles. The maximum Gasteiger partial charge on any atom is 0.410 e. The molecule has 0 spiro atoms. The Labute approximate surface area is 124 Å². The second-order valence-electron chi connectivity index (χ2n) is 5.43. The number of carbonyl (C=O) groups is 2. The number of rotatable bonds is 5. The number of likely N-dealkylation sites (tertiary alicyclic amines) is 1. The van der Waals surface area contributed by atoms with Gasteiger partial charge >= 0.3 is 12.1 Å². The van der Waals surface area contributed by atoms with Gasteiger partial charge in [0.1, 0.15) is 6.61 Å². The summed E-state index contributed by atoms with van der Waals surface area (Å²) in [6.45, 7) is 1.56. The van der Waals surface area contributed by atoms with Crippen molar-refractivity contribution in [2.24, 2.45) is 5.92 Å². The lowest BCUT2D eigenvalue weighted by atomic mass is 9.94. The summed E-state index contributed by atoms with van der Waals surface area (Å²) < 4.78 is 5.31. The summed E-state index contributed by atoms with van der Waals surface area (Å²) in [6, 6.07) is 9.57. The molecule has 1 amide bonds. The third-order valence-electron chi connectivity index (χ3n) is 3.75. The van der Waals surface area contributed by atoms with Gasteiger partial charge in [-0.25, -0.2) is 4.79 Å². The molecule has 0 radical (unpaired) electrons. The molecule has 1 saturated heterocycles. The molecule has 0 bridgehead atoms. The van der Waals surface area contributed by atoms with E-state index in [9.17, 15) is 9.59 Å². The highest BCUT2D eigenvalue weighted by molar-refractivity contribution is 5.68. The van der Waals surface area contributed by atoms with E-state index < -0.39 is 5.97 Å².